The molecule has 0 aliphatic carbocycles. The number of benzene rings is 1. The molecule has 1 aromatic rings. The minimum atomic E-state index is -0.622. The minimum Gasteiger partial charge on any atom is -0.447 e. The average molecular weight is 967 g/mol. The van der Waals surface area contributed by atoms with Crippen LogP contribution >= 0.6 is 0 Å². The van der Waals surface area contributed by atoms with Gasteiger partial charge < -0.3 is 68.5 Å². The molecule has 0 aromatic heterocycles. The van der Waals surface area contributed by atoms with Gasteiger partial charge >= 0.3 is 6.09 Å². The molecule has 2 heterocycles. The first kappa shape index (κ1) is 57.4. The first-order valence-electron chi connectivity index (χ1n) is 22.8. The van der Waals surface area contributed by atoms with Gasteiger partial charge in [0, 0.05) is 49.3 Å². The van der Waals surface area contributed by atoms with Gasteiger partial charge in [0.2, 0.25) is 5.91 Å². The number of carbonyl (C=O) groups excluding carboxylic acids is 5. The standard InChI is InChI=1S/C45H70N6O17/c1-2-11-51(44(55)38-34-37-5-3-4-6-39(37)49-40(46)35-38)68-13-10-48-45(56)67-33-32-66-31-30-65-29-28-64-27-26-63-25-24-62-23-22-61-21-20-60-19-18-59-17-16-58-15-14-57-12-9-47-41(52)36-50-42(53)7-8-43(50)54/h3-8,34H,2,9-33,35-36H2,1H3,(H2,46,49)(H,47,52)(H,48,56). The first-order valence-corrected chi connectivity index (χ1v) is 22.8. The summed E-state index contributed by atoms with van der Waals surface area (Å²) in [6, 6.07) is 7.45. The van der Waals surface area contributed by atoms with Gasteiger partial charge in [-0.05, 0) is 18.6 Å². The van der Waals surface area contributed by atoms with Crippen LogP contribution in [-0.4, -0.2) is 217 Å². The molecule has 68 heavy (non-hydrogen) atoms. The number of aliphatic imine (C=N–C) groups is 1. The van der Waals surface area contributed by atoms with Crippen LogP contribution in [0.5, 0.6) is 0 Å². The average Bonchev–Trinajstić information content (AvgIpc) is 3.53. The predicted molar refractivity (Wildman–Crippen MR) is 245 cm³/mol. The lowest BCUT2D eigenvalue weighted by molar-refractivity contribution is -0.181. The fourth-order valence-electron chi connectivity index (χ4n) is 5.75. The Labute approximate surface area is 397 Å². The number of nitrogens with two attached hydrogens (primary N) is 1. The number of fused-ring (bicyclic) bond motifs is 1. The van der Waals surface area contributed by atoms with Crippen molar-refractivity contribution in [1.29, 1.82) is 0 Å². The summed E-state index contributed by atoms with van der Waals surface area (Å²) in [6.07, 6.45) is 4.30. The third-order valence-electron chi connectivity index (χ3n) is 9.03. The van der Waals surface area contributed by atoms with E-state index in [0.717, 1.165) is 22.6 Å². The molecule has 0 radical (unpaired) electrons. The molecule has 5 amide bonds. The molecule has 0 saturated heterocycles. The molecule has 2 aliphatic heterocycles. The van der Waals surface area contributed by atoms with Gasteiger partial charge in [0.1, 0.15) is 19.0 Å². The Morgan fingerprint density at radius 2 is 1.06 bits per heavy atom. The lowest BCUT2D eigenvalue weighted by Gasteiger charge is -2.22. The normalized spacial score (nSPS) is 13.3. The van der Waals surface area contributed by atoms with Crippen LogP contribution in [0, 0.1) is 0 Å². The van der Waals surface area contributed by atoms with Crippen molar-refractivity contribution in [2.75, 3.05) is 172 Å². The smallest absolute Gasteiger partial charge is 0.407 e. The van der Waals surface area contributed by atoms with Gasteiger partial charge in [0.15, 0.2) is 0 Å². The van der Waals surface area contributed by atoms with Crippen molar-refractivity contribution in [2.24, 2.45) is 10.7 Å². The molecule has 0 bridgehead atoms. The van der Waals surface area contributed by atoms with E-state index in [1.807, 2.05) is 31.2 Å². The number of rotatable bonds is 42. The zero-order valence-corrected chi connectivity index (χ0v) is 39.2. The van der Waals surface area contributed by atoms with Crippen molar-refractivity contribution in [2.45, 2.75) is 19.8 Å². The lowest BCUT2D eigenvalue weighted by Crippen LogP contribution is -2.41. The highest BCUT2D eigenvalue weighted by atomic mass is 16.7. The van der Waals surface area contributed by atoms with E-state index < -0.39 is 23.8 Å². The fraction of sp³-hybridized carbons (Fsp3) is 0.644. The van der Waals surface area contributed by atoms with Crippen LogP contribution < -0.4 is 16.4 Å². The van der Waals surface area contributed by atoms with E-state index in [9.17, 15) is 24.0 Å². The van der Waals surface area contributed by atoms with E-state index in [0.29, 0.717) is 149 Å². The van der Waals surface area contributed by atoms with Gasteiger partial charge in [-0.25, -0.2) is 14.9 Å². The monoisotopic (exact) mass is 966 g/mol. The summed E-state index contributed by atoms with van der Waals surface area (Å²) in [5, 5.41) is 6.47. The van der Waals surface area contributed by atoms with Crippen LogP contribution in [0.3, 0.4) is 0 Å². The minimum absolute atomic E-state index is 0.0635. The quantitative estimate of drug-likeness (QED) is 0.0459. The molecule has 382 valence electrons. The lowest BCUT2D eigenvalue weighted by atomic mass is 10.1. The summed E-state index contributed by atoms with van der Waals surface area (Å²) in [4.78, 5) is 71.0. The maximum Gasteiger partial charge on any atom is 0.407 e. The molecular weight excluding hydrogens is 897 g/mol. The van der Waals surface area contributed by atoms with Crippen LogP contribution in [0.4, 0.5) is 10.5 Å². The second-order valence-electron chi connectivity index (χ2n) is 14.4. The topological polar surface area (TPSA) is 265 Å². The van der Waals surface area contributed by atoms with Gasteiger partial charge in [0.05, 0.1) is 144 Å². The first-order chi connectivity index (χ1) is 33.3. The number of hydroxylamine groups is 2. The maximum absolute atomic E-state index is 13.3. The van der Waals surface area contributed by atoms with Gasteiger partial charge in [-0.1, -0.05) is 25.1 Å². The zero-order chi connectivity index (χ0) is 48.7. The highest BCUT2D eigenvalue weighted by molar-refractivity contribution is 6.14. The van der Waals surface area contributed by atoms with Gasteiger partial charge in [-0.3, -0.25) is 28.9 Å². The number of carbonyl (C=O) groups is 5. The molecule has 2 aliphatic rings. The molecule has 0 saturated carbocycles. The van der Waals surface area contributed by atoms with Crippen molar-refractivity contribution < 1.29 is 80.9 Å². The van der Waals surface area contributed by atoms with Crippen LogP contribution in [0.1, 0.15) is 25.3 Å². The Hall–Kier alpha value is -4.92. The molecule has 0 spiro atoms. The summed E-state index contributed by atoms with van der Waals surface area (Å²) in [5.74, 6) is -1.40. The molecule has 4 N–H and O–H groups in total. The van der Waals surface area contributed by atoms with E-state index in [4.69, 9.17) is 62.7 Å². The third kappa shape index (κ3) is 27.2. The SMILES string of the molecule is CCCN(OCCNC(=O)OCCOCCOCCOCCOCCOCCOCCOCCOCCOCCOCCNC(=O)CN1C(=O)C=CC1=O)C(=O)C1=Cc2ccccc2N=C(N)C1. The van der Waals surface area contributed by atoms with Crippen LogP contribution in [0.15, 0.2) is 47.0 Å². The van der Waals surface area contributed by atoms with Crippen molar-refractivity contribution in [3.63, 3.8) is 0 Å². The van der Waals surface area contributed by atoms with Crippen LogP contribution in [0.2, 0.25) is 0 Å². The molecule has 3 rings (SSSR count). The number of ether oxygens (including phenoxy) is 11. The predicted octanol–water partition coefficient (Wildman–Crippen LogP) is 0.566. The molecule has 1 aromatic carbocycles. The Morgan fingerprint density at radius 3 is 1.54 bits per heavy atom. The highest BCUT2D eigenvalue weighted by Crippen LogP contribution is 2.26. The van der Waals surface area contributed by atoms with Gasteiger partial charge in [-0.15, -0.1) is 0 Å². The Kier molecular flexibility index (Phi) is 32.1. The molecule has 0 atom stereocenters. The van der Waals surface area contributed by atoms with Crippen LogP contribution in [0.25, 0.3) is 6.08 Å². The van der Waals surface area contributed by atoms with E-state index in [2.05, 4.69) is 15.6 Å². The number of hydrogen-bond acceptors (Lipinski definition) is 19. The Bertz CT molecular complexity index is 1680. The van der Waals surface area contributed by atoms with E-state index >= 15 is 0 Å². The van der Waals surface area contributed by atoms with E-state index in [-0.39, 0.29) is 58.4 Å². The molecular formula is C45H70N6O17. The fourth-order valence-corrected chi connectivity index (χ4v) is 5.75. The molecule has 23 nitrogen and oxygen atoms in total. The number of para-hydroxylation sites is 1. The summed E-state index contributed by atoms with van der Waals surface area (Å²) in [6.45, 7) is 10.5. The van der Waals surface area contributed by atoms with Crippen molar-refractivity contribution in [3.8, 4) is 0 Å². The second kappa shape index (κ2) is 38.0. The number of alkyl carbamates (subject to hydrolysis) is 1. The maximum atomic E-state index is 13.3. The molecule has 23 heteroatoms. The largest absolute Gasteiger partial charge is 0.447 e. The summed E-state index contributed by atoms with van der Waals surface area (Å²) >= 11 is 0. The van der Waals surface area contributed by atoms with Crippen molar-refractivity contribution in [3.05, 3.63) is 47.6 Å². The Balaban J connectivity index is 0.958. The molecule has 0 fully saturated rings. The van der Waals surface area contributed by atoms with E-state index in [1.165, 1.54) is 5.06 Å². The van der Waals surface area contributed by atoms with Gasteiger partial charge in [-0.2, -0.15) is 0 Å². The number of nitrogens with one attached hydrogen (secondary N) is 2. The number of nitrogens with zero attached hydrogens (tertiary/aromatic N) is 3. The summed E-state index contributed by atoms with van der Waals surface area (Å²) < 4.78 is 59.7. The summed E-state index contributed by atoms with van der Waals surface area (Å²) in [7, 11) is 0. The molecule has 0 unspecified atom stereocenters. The van der Waals surface area contributed by atoms with Crippen molar-refractivity contribution in [1.82, 2.24) is 20.6 Å². The number of amides is 5. The van der Waals surface area contributed by atoms with E-state index in [1.54, 1.807) is 6.08 Å². The Morgan fingerprint density at radius 1 is 0.618 bits per heavy atom. The summed E-state index contributed by atoms with van der Waals surface area (Å²) in [5.41, 5.74) is 8.03. The van der Waals surface area contributed by atoms with Crippen LogP contribution in [-0.2, 0) is 76.1 Å². The van der Waals surface area contributed by atoms with Gasteiger partial charge in [0.25, 0.3) is 17.7 Å². The highest BCUT2D eigenvalue weighted by Gasteiger charge is 2.25. The zero-order valence-electron chi connectivity index (χ0n) is 39.2. The second-order valence-corrected chi connectivity index (χ2v) is 14.4. The van der Waals surface area contributed by atoms with Crippen molar-refractivity contribution >= 4 is 47.3 Å². The number of imide groups is 1. The number of hydrogen-bond donors (Lipinski definition) is 3. The third-order valence-corrected chi connectivity index (χ3v) is 9.03. The number of amidine groups is 1.